The molecule has 0 rings (SSSR count). The van der Waals surface area contributed by atoms with Crippen molar-refractivity contribution in [3.05, 3.63) is 0 Å². The number of hydrogen-bond donors (Lipinski definition) is 0. The average molecular weight is 570 g/mol. The molecule has 0 aliphatic carbocycles. The Balaban J connectivity index is 6.73. The smallest absolute Gasteiger partial charge is 0.184 e. The largest absolute Gasteiger partial charge is 0.415 e. The minimum absolute atomic E-state index is 0.268. The van der Waals surface area contributed by atoms with Crippen LogP contribution in [0.15, 0.2) is 5.16 Å². The van der Waals surface area contributed by atoms with E-state index in [-0.39, 0.29) is 12.2 Å². The summed E-state index contributed by atoms with van der Waals surface area (Å²) >= 11 is 0. The molecule has 0 aromatic rings. The molecule has 0 unspecified atom stereocenters. The zero-order valence-electron chi connectivity index (χ0n) is 25.0. The van der Waals surface area contributed by atoms with Gasteiger partial charge in [-0.3, -0.25) is 0 Å². The van der Waals surface area contributed by atoms with Crippen molar-refractivity contribution >= 4 is 47.8 Å². The summed E-state index contributed by atoms with van der Waals surface area (Å²) in [6.45, 7) is 33.4. The molecule has 34 heavy (non-hydrogen) atoms. The van der Waals surface area contributed by atoms with Gasteiger partial charge in [-0.1, -0.05) is 5.16 Å². The SMILES string of the molecule is CO/N=C\[C@@H](O[Si](C)(C)C)[C@@H](O[Si](C)(C)C)[C@H](O[Si](C)(C)C)[C@@H](CO[Si](C)(C)C)O[Si](C)(C)C. The molecular formula is C22H55NO6Si5. The zero-order chi connectivity index (χ0) is 27.2. The Morgan fingerprint density at radius 3 is 1.32 bits per heavy atom. The highest BCUT2D eigenvalue weighted by Crippen LogP contribution is 2.28. The van der Waals surface area contributed by atoms with Crippen LogP contribution in [0, 0.1) is 0 Å². The lowest BCUT2D eigenvalue weighted by Crippen LogP contribution is -2.60. The lowest BCUT2D eigenvalue weighted by atomic mass is 10.0. The fraction of sp³-hybridized carbons (Fsp3) is 0.955. The second-order valence-corrected chi connectivity index (χ2v) is 36.1. The summed E-state index contributed by atoms with van der Waals surface area (Å²) in [4.78, 5) is 5.07. The molecule has 0 amide bonds. The Hall–Kier alpha value is 0.354. The van der Waals surface area contributed by atoms with Crippen molar-refractivity contribution in [2.24, 2.45) is 5.16 Å². The molecule has 0 aliphatic heterocycles. The second-order valence-electron chi connectivity index (χ2n) is 13.7. The molecular weight excluding hydrogens is 515 g/mol. The number of oxime groups is 1. The molecule has 0 saturated heterocycles. The summed E-state index contributed by atoms with van der Waals surface area (Å²) < 4.78 is 33.6. The first-order valence-corrected chi connectivity index (χ1v) is 29.4. The summed E-state index contributed by atoms with van der Waals surface area (Å²) in [6.07, 6.45) is 0.297. The quantitative estimate of drug-likeness (QED) is 0.123. The minimum atomic E-state index is -2.01. The Kier molecular flexibility index (Phi) is 13.4. The minimum Gasteiger partial charge on any atom is -0.415 e. The standard InChI is InChI=1S/C22H55NO6Si5/c1-24-23-17-19(26-31(5,6)7)21(28-33(11,12)13)22(29-34(14,15)16)20(27-32(8,9)10)18-25-30(2,3)4/h17,19-22H,18H2,1-16H3/b23-17-/t19-,20-,21-,22-/m1/s1. The molecule has 0 saturated carbocycles. The van der Waals surface area contributed by atoms with Crippen LogP contribution in [0.1, 0.15) is 0 Å². The van der Waals surface area contributed by atoms with E-state index in [2.05, 4.69) is 103 Å². The van der Waals surface area contributed by atoms with Gasteiger partial charge >= 0.3 is 0 Å². The summed E-state index contributed by atoms with van der Waals surface area (Å²) in [5.41, 5.74) is 0. The van der Waals surface area contributed by atoms with Crippen molar-refractivity contribution in [3.8, 4) is 0 Å². The van der Waals surface area contributed by atoms with E-state index in [1.807, 2.05) is 0 Å². The highest BCUT2D eigenvalue weighted by Gasteiger charge is 2.44. The Labute approximate surface area is 215 Å². The van der Waals surface area contributed by atoms with E-state index in [1.165, 1.54) is 0 Å². The summed E-state index contributed by atoms with van der Waals surface area (Å²) in [7, 11) is -8.13. The van der Waals surface area contributed by atoms with Crippen LogP contribution in [-0.2, 0) is 27.0 Å². The van der Waals surface area contributed by atoms with E-state index in [4.69, 9.17) is 27.0 Å². The van der Waals surface area contributed by atoms with Gasteiger partial charge in [-0.25, -0.2) is 0 Å². The van der Waals surface area contributed by atoms with Crippen LogP contribution in [0.5, 0.6) is 0 Å². The van der Waals surface area contributed by atoms with Crippen molar-refractivity contribution in [3.63, 3.8) is 0 Å². The molecule has 12 heteroatoms. The number of nitrogens with zero attached hydrogens (tertiary/aromatic N) is 1. The Morgan fingerprint density at radius 1 is 0.559 bits per heavy atom. The zero-order valence-corrected chi connectivity index (χ0v) is 30.0. The normalized spacial score (nSPS) is 18.1. The maximum Gasteiger partial charge on any atom is 0.184 e. The maximum absolute atomic E-state index is 6.90. The third-order valence-electron chi connectivity index (χ3n) is 3.98. The van der Waals surface area contributed by atoms with Crippen LogP contribution in [0.3, 0.4) is 0 Å². The molecule has 0 radical (unpaired) electrons. The van der Waals surface area contributed by atoms with E-state index >= 15 is 0 Å². The summed E-state index contributed by atoms with van der Waals surface area (Å²) in [5, 5.41) is 4.11. The van der Waals surface area contributed by atoms with Crippen LogP contribution in [0.2, 0.25) is 98.2 Å². The highest BCUT2D eigenvalue weighted by molar-refractivity contribution is 6.71. The fourth-order valence-corrected chi connectivity index (χ4v) is 8.16. The lowest BCUT2D eigenvalue weighted by Gasteiger charge is -2.45. The first-order chi connectivity index (χ1) is 14.9. The molecule has 0 aromatic heterocycles. The van der Waals surface area contributed by atoms with Crippen LogP contribution in [0.4, 0.5) is 0 Å². The average Bonchev–Trinajstić information content (AvgIpc) is 2.54. The van der Waals surface area contributed by atoms with E-state index < -0.39 is 53.8 Å². The predicted octanol–water partition coefficient (Wildman–Crippen LogP) is 6.35. The van der Waals surface area contributed by atoms with Crippen LogP contribution in [0.25, 0.3) is 0 Å². The van der Waals surface area contributed by atoms with Gasteiger partial charge in [0.2, 0.25) is 0 Å². The molecule has 0 N–H and O–H groups in total. The van der Waals surface area contributed by atoms with Gasteiger partial charge in [-0.15, -0.1) is 0 Å². The van der Waals surface area contributed by atoms with Gasteiger partial charge in [0.1, 0.15) is 19.3 Å². The predicted molar refractivity (Wildman–Crippen MR) is 158 cm³/mol. The van der Waals surface area contributed by atoms with Crippen molar-refractivity contribution in [2.45, 2.75) is 123 Å². The first kappa shape index (κ1) is 34.4. The molecule has 0 heterocycles. The van der Waals surface area contributed by atoms with Gasteiger partial charge in [0.05, 0.1) is 25.0 Å². The van der Waals surface area contributed by atoms with Crippen LogP contribution >= 0.6 is 0 Å². The van der Waals surface area contributed by atoms with Gasteiger partial charge < -0.3 is 27.0 Å². The van der Waals surface area contributed by atoms with Crippen molar-refractivity contribution in [1.29, 1.82) is 0 Å². The van der Waals surface area contributed by atoms with Gasteiger partial charge in [-0.2, -0.15) is 0 Å². The van der Waals surface area contributed by atoms with Crippen molar-refractivity contribution < 1.29 is 27.0 Å². The summed E-state index contributed by atoms with van der Waals surface area (Å²) in [5.74, 6) is 0. The molecule has 0 aliphatic rings. The van der Waals surface area contributed by atoms with Gasteiger partial charge in [0.25, 0.3) is 0 Å². The third kappa shape index (κ3) is 17.7. The van der Waals surface area contributed by atoms with E-state index in [0.29, 0.717) is 6.61 Å². The first-order valence-electron chi connectivity index (χ1n) is 12.3. The molecule has 204 valence electrons. The maximum atomic E-state index is 6.90. The number of rotatable bonds is 16. The Morgan fingerprint density at radius 2 is 0.971 bits per heavy atom. The molecule has 0 bridgehead atoms. The van der Waals surface area contributed by atoms with E-state index in [1.54, 1.807) is 13.3 Å². The van der Waals surface area contributed by atoms with Crippen molar-refractivity contribution in [2.75, 3.05) is 13.7 Å². The molecule has 4 atom stereocenters. The molecule has 7 nitrogen and oxygen atoms in total. The Bertz CT molecular complexity index is 618. The van der Waals surface area contributed by atoms with E-state index in [0.717, 1.165) is 0 Å². The monoisotopic (exact) mass is 569 g/mol. The molecule has 0 aromatic carbocycles. The summed E-state index contributed by atoms with van der Waals surface area (Å²) in [6, 6.07) is 0. The second kappa shape index (κ2) is 13.2. The van der Waals surface area contributed by atoms with Crippen LogP contribution in [-0.4, -0.2) is 85.9 Å². The third-order valence-corrected chi connectivity index (χ3v) is 8.96. The topological polar surface area (TPSA) is 67.7 Å². The van der Waals surface area contributed by atoms with Crippen LogP contribution < -0.4 is 0 Å². The number of hydrogen-bond acceptors (Lipinski definition) is 7. The molecule has 0 spiro atoms. The van der Waals surface area contributed by atoms with Gasteiger partial charge in [0.15, 0.2) is 41.6 Å². The molecule has 0 fully saturated rings. The van der Waals surface area contributed by atoms with Crippen molar-refractivity contribution in [1.82, 2.24) is 0 Å². The van der Waals surface area contributed by atoms with E-state index in [9.17, 15) is 0 Å². The highest BCUT2D eigenvalue weighted by atomic mass is 28.4. The van der Waals surface area contributed by atoms with Gasteiger partial charge in [0, 0.05) is 0 Å². The fourth-order valence-electron chi connectivity index (χ4n) is 3.19. The van der Waals surface area contributed by atoms with Gasteiger partial charge in [-0.05, 0) is 98.2 Å². The lowest BCUT2D eigenvalue weighted by molar-refractivity contribution is -0.0733.